The number of rotatable bonds is 5. The lowest BCUT2D eigenvalue weighted by molar-refractivity contribution is 0.00172. The molecule has 3 nitrogen and oxygen atoms in total. The summed E-state index contributed by atoms with van der Waals surface area (Å²) in [5.74, 6) is -0.0417. The lowest BCUT2D eigenvalue weighted by atomic mass is 9.85. The molecular weight excluding hydrogens is 260 g/mol. The van der Waals surface area contributed by atoms with Crippen molar-refractivity contribution in [2.24, 2.45) is 5.92 Å². The minimum Gasteiger partial charge on any atom is -0.477 e. The van der Waals surface area contributed by atoms with Crippen LogP contribution in [0, 0.1) is 12.8 Å². The van der Waals surface area contributed by atoms with E-state index in [-0.39, 0.29) is 0 Å². The largest absolute Gasteiger partial charge is 0.477 e. The van der Waals surface area contributed by atoms with Gasteiger partial charge in [-0.15, -0.1) is 11.3 Å². The molecule has 1 N–H and O–H groups in total. The lowest BCUT2D eigenvalue weighted by Crippen LogP contribution is -2.22. The summed E-state index contributed by atoms with van der Waals surface area (Å²) in [5.41, 5.74) is 1.03. The van der Waals surface area contributed by atoms with Crippen LogP contribution in [0.1, 0.15) is 59.1 Å². The van der Waals surface area contributed by atoms with Crippen LogP contribution in [-0.4, -0.2) is 17.2 Å². The van der Waals surface area contributed by atoms with E-state index < -0.39 is 5.97 Å². The summed E-state index contributed by atoms with van der Waals surface area (Å²) in [4.78, 5) is 12.4. The summed E-state index contributed by atoms with van der Waals surface area (Å²) in [6.07, 6.45) is 6.48. The summed E-state index contributed by atoms with van der Waals surface area (Å²) >= 11 is 1.33. The summed E-state index contributed by atoms with van der Waals surface area (Å²) in [5, 5.41) is 8.98. The second-order valence-corrected chi connectivity index (χ2v) is 6.63. The fraction of sp³-hybridized carbons (Fsp3) is 0.667. The number of carboxylic acid groups (broad SMARTS) is 1. The minimum absolute atomic E-state index is 0.353. The van der Waals surface area contributed by atoms with E-state index >= 15 is 0 Å². The Morgan fingerprint density at radius 3 is 2.95 bits per heavy atom. The number of aryl methyl sites for hydroxylation is 1. The normalized spacial score (nSPS) is 23.5. The zero-order valence-corrected chi connectivity index (χ0v) is 12.5. The molecule has 1 aliphatic carbocycles. The minimum atomic E-state index is -0.844. The fourth-order valence-electron chi connectivity index (χ4n) is 2.74. The van der Waals surface area contributed by atoms with Gasteiger partial charge in [-0.3, -0.25) is 0 Å². The third-order valence-electron chi connectivity index (χ3n) is 4.02. The molecule has 0 saturated heterocycles. The third kappa shape index (κ3) is 3.80. The van der Waals surface area contributed by atoms with Crippen LogP contribution in [0.15, 0.2) is 6.07 Å². The van der Waals surface area contributed by atoms with Crippen LogP contribution in [0.5, 0.6) is 0 Å². The van der Waals surface area contributed by atoms with Crippen LogP contribution in [0.2, 0.25) is 0 Å². The maximum absolute atomic E-state index is 10.9. The molecular formula is C15H22O3S. The SMILES string of the molecule is CCC1CCCC(OCc2cc(C(=O)O)sc2C)C1. The Labute approximate surface area is 118 Å². The van der Waals surface area contributed by atoms with Gasteiger partial charge >= 0.3 is 5.97 Å². The van der Waals surface area contributed by atoms with E-state index in [9.17, 15) is 4.79 Å². The highest BCUT2D eigenvalue weighted by Crippen LogP contribution is 2.30. The predicted octanol–water partition coefficient (Wildman–Crippen LogP) is 4.24. The summed E-state index contributed by atoms with van der Waals surface area (Å²) in [6, 6.07) is 1.75. The Morgan fingerprint density at radius 2 is 2.32 bits per heavy atom. The molecule has 0 aliphatic heterocycles. The molecule has 0 radical (unpaired) electrons. The van der Waals surface area contributed by atoms with Gasteiger partial charge in [0.25, 0.3) is 0 Å². The molecule has 4 heteroatoms. The molecule has 19 heavy (non-hydrogen) atoms. The molecule has 2 unspecified atom stereocenters. The topological polar surface area (TPSA) is 46.5 Å². The van der Waals surface area contributed by atoms with Crippen molar-refractivity contribution >= 4 is 17.3 Å². The van der Waals surface area contributed by atoms with Crippen LogP contribution in [0.4, 0.5) is 0 Å². The van der Waals surface area contributed by atoms with Crippen molar-refractivity contribution in [2.45, 2.75) is 58.7 Å². The predicted molar refractivity (Wildman–Crippen MR) is 76.8 cm³/mol. The van der Waals surface area contributed by atoms with E-state index in [1.165, 1.54) is 30.6 Å². The zero-order valence-electron chi connectivity index (χ0n) is 11.6. The van der Waals surface area contributed by atoms with Gasteiger partial charge in [0, 0.05) is 4.88 Å². The van der Waals surface area contributed by atoms with Gasteiger partial charge in [0.1, 0.15) is 4.88 Å². The first-order chi connectivity index (χ1) is 9.10. The van der Waals surface area contributed by atoms with Crippen LogP contribution in [0.3, 0.4) is 0 Å². The first-order valence-electron chi connectivity index (χ1n) is 7.04. The standard InChI is InChI=1S/C15H22O3S/c1-3-11-5-4-6-13(7-11)18-9-12-8-14(15(16)17)19-10(12)2/h8,11,13H,3-7,9H2,1-2H3,(H,16,17). The molecule has 0 bridgehead atoms. The van der Waals surface area contributed by atoms with E-state index in [1.807, 2.05) is 6.92 Å². The number of hydrogen-bond acceptors (Lipinski definition) is 3. The molecule has 2 rings (SSSR count). The van der Waals surface area contributed by atoms with Crippen molar-refractivity contribution < 1.29 is 14.6 Å². The van der Waals surface area contributed by atoms with Gasteiger partial charge < -0.3 is 9.84 Å². The van der Waals surface area contributed by atoms with Crippen LogP contribution < -0.4 is 0 Å². The molecule has 0 spiro atoms. The van der Waals surface area contributed by atoms with Crippen LogP contribution in [0.25, 0.3) is 0 Å². The Kier molecular flexibility index (Phi) is 4.99. The van der Waals surface area contributed by atoms with E-state index in [1.54, 1.807) is 6.07 Å². The fourth-order valence-corrected chi connectivity index (χ4v) is 3.61. The number of hydrogen-bond donors (Lipinski definition) is 1. The van der Waals surface area contributed by atoms with Crippen molar-refractivity contribution in [1.82, 2.24) is 0 Å². The molecule has 106 valence electrons. The summed E-state index contributed by atoms with van der Waals surface area (Å²) < 4.78 is 5.99. The first-order valence-corrected chi connectivity index (χ1v) is 7.86. The van der Waals surface area contributed by atoms with Crippen molar-refractivity contribution in [3.8, 4) is 0 Å². The smallest absolute Gasteiger partial charge is 0.345 e. The molecule has 2 atom stereocenters. The lowest BCUT2D eigenvalue weighted by Gasteiger charge is -2.28. The van der Waals surface area contributed by atoms with E-state index in [0.717, 1.165) is 29.2 Å². The quantitative estimate of drug-likeness (QED) is 0.878. The zero-order chi connectivity index (χ0) is 13.8. The monoisotopic (exact) mass is 282 g/mol. The highest BCUT2D eigenvalue weighted by atomic mass is 32.1. The van der Waals surface area contributed by atoms with Crippen molar-refractivity contribution in [1.29, 1.82) is 0 Å². The van der Waals surface area contributed by atoms with Gasteiger partial charge in [-0.25, -0.2) is 4.79 Å². The van der Waals surface area contributed by atoms with E-state index in [0.29, 0.717) is 17.6 Å². The molecule has 1 aliphatic rings. The molecule has 0 aromatic carbocycles. The number of carbonyl (C=O) groups is 1. The molecule has 1 heterocycles. The summed E-state index contributed by atoms with van der Waals surface area (Å²) in [7, 11) is 0. The molecule has 1 fully saturated rings. The third-order valence-corrected chi connectivity index (χ3v) is 5.10. The number of carboxylic acids is 1. The Bertz CT molecular complexity index is 439. The maximum Gasteiger partial charge on any atom is 0.345 e. The van der Waals surface area contributed by atoms with Crippen LogP contribution in [-0.2, 0) is 11.3 Å². The maximum atomic E-state index is 10.9. The van der Waals surface area contributed by atoms with Crippen LogP contribution >= 0.6 is 11.3 Å². The molecule has 1 saturated carbocycles. The van der Waals surface area contributed by atoms with Gasteiger partial charge in [0.2, 0.25) is 0 Å². The Morgan fingerprint density at radius 1 is 1.53 bits per heavy atom. The van der Waals surface area contributed by atoms with Crippen molar-refractivity contribution in [2.75, 3.05) is 0 Å². The highest BCUT2D eigenvalue weighted by Gasteiger charge is 2.21. The van der Waals surface area contributed by atoms with Gasteiger partial charge in [-0.1, -0.05) is 26.2 Å². The number of thiophene rings is 1. The number of ether oxygens (including phenoxy) is 1. The van der Waals surface area contributed by atoms with Gasteiger partial charge in [-0.05, 0) is 37.3 Å². The average molecular weight is 282 g/mol. The Hall–Kier alpha value is -0.870. The van der Waals surface area contributed by atoms with Crippen molar-refractivity contribution in [3.05, 3.63) is 21.4 Å². The van der Waals surface area contributed by atoms with Gasteiger partial charge in [0.15, 0.2) is 0 Å². The first kappa shape index (κ1) is 14.5. The van der Waals surface area contributed by atoms with Gasteiger partial charge in [0.05, 0.1) is 12.7 Å². The van der Waals surface area contributed by atoms with Gasteiger partial charge in [-0.2, -0.15) is 0 Å². The molecule has 0 amide bonds. The van der Waals surface area contributed by atoms with E-state index in [2.05, 4.69) is 6.92 Å². The Balaban J connectivity index is 1.89. The second kappa shape index (κ2) is 6.53. The number of aromatic carboxylic acids is 1. The molecule has 1 aromatic heterocycles. The van der Waals surface area contributed by atoms with Crippen molar-refractivity contribution in [3.63, 3.8) is 0 Å². The van der Waals surface area contributed by atoms with E-state index in [4.69, 9.17) is 9.84 Å². The second-order valence-electron chi connectivity index (χ2n) is 5.37. The molecule has 1 aromatic rings. The average Bonchev–Trinajstić information content (AvgIpc) is 2.78. The highest BCUT2D eigenvalue weighted by molar-refractivity contribution is 7.14. The summed E-state index contributed by atoms with van der Waals surface area (Å²) in [6.45, 7) is 4.76.